The van der Waals surface area contributed by atoms with Gasteiger partial charge in [0.1, 0.15) is 0 Å². The molecule has 126 valence electrons. The molecular formula is C17H25N3O3. The summed E-state index contributed by atoms with van der Waals surface area (Å²) in [6.45, 7) is 8.30. The fraction of sp³-hybridized carbons (Fsp3) is 0.588. The first-order valence-corrected chi connectivity index (χ1v) is 8.26. The lowest BCUT2D eigenvalue weighted by Crippen LogP contribution is -2.46. The minimum absolute atomic E-state index is 0.0601. The molecule has 1 aromatic rings. The van der Waals surface area contributed by atoms with Crippen molar-refractivity contribution in [1.29, 1.82) is 0 Å². The zero-order valence-electron chi connectivity index (χ0n) is 13.8. The molecule has 0 aliphatic carbocycles. The Morgan fingerprint density at radius 1 is 1.13 bits per heavy atom. The van der Waals surface area contributed by atoms with E-state index in [1.165, 1.54) is 0 Å². The second-order valence-electron chi connectivity index (χ2n) is 6.21. The standard InChI is InChI=1S/C17H25N3O3/c1-13-11-20(12-14(2)23-13)16-6-4-3-5-15(16)18-17(21)19-7-9-22-10-8-19/h3-6,13-14H,7-12H2,1-2H3,(H,18,21)/t13-,14+. The molecule has 2 atom stereocenters. The Morgan fingerprint density at radius 2 is 1.78 bits per heavy atom. The number of amides is 2. The zero-order chi connectivity index (χ0) is 16.2. The third kappa shape index (κ3) is 3.95. The molecule has 2 aliphatic heterocycles. The summed E-state index contributed by atoms with van der Waals surface area (Å²) in [5.41, 5.74) is 1.90. The number of carbonyl (C=O) groups excluding carboxylic acids is 1. The Morgan fingerprint density at radius 3 is 2.48 bits per heavy atom. The van der Waals surface area contributed by atoms with Crippen molar-refractivity contribution in [3.05, 3.63) is 24.3 Å². The molecule has 2 aliphatic rings. The third-order valence-electron chi connectivity index (χ3n) is 4.20. The number of urea groups is 1. The van der Waals surface area contributed by atoms with Gasteiger partial charge in [0.05, 0.1) is 36.8 Å². The van der Waals surface area contributed by atoms with Crippen LogP contribution in [0.4, 0.5) is 16.2 Å². The van der Waals surface area contributed by atoms with Gasteiger partial charge >= 0.3 is 6.03 Å². The fourth-order valence-corrected chi connectivity index (χ4v) is 3.19. The lowest BCUT2D eigenvalue weighted by molar-refractivity contribution is -0.00517. The van der Waals surface area contributed by atoms with E-state index in [4.69, 9.17) is 9.47 Å². The number of hydrogen-bond acceptors (Lipinski definition) is 4. The number of carbonyl (C=O) groups is 1. The molecule has 2 fully saturated rings. The van der Waals surface area contributed by atoms with Crippen molar-refractivity contribution in [2.24, 2.45) is 0 Å². The monoisotopic (exact) mass is 319 g/mol. The van der Waals surface area contributed by atoms with Crippen LogP contribution in [0.1, 0.15) is 13.8 Å². The van der Waals surface area contributed by atoms with Crippen LogP contribution in [-0.4, -0.2) is 62.5 Å². The lowest BCUT2D eigenvalue weighted by atomic mass is 10.1. The molecular weight excluding hydrogens is 294 g/mol. The van der Waals surface area contributed by atoms with Crippen LogP contribution in [0.5, 0.6) is 0 Å². The Hall–Kier alpha value is -1.79. The number of nitrogens with zero attached hydrogens (tertiary/aromatic N) is 2. The molecule has 0 bridgehead atoms. The molecule has 2 amide bonds. The second kappa shape index (κ2) is 7.19. The molecule has 0 spiro atoms. The number of nitrogens with one attached hydrogen (secondary N) is 1. The molecule has 2 saturated heterocycles. The van der Waals surface area contributed by atoms with E-state index in [0.29, 0.717) is 26.3 Å². The smallest absolute Gasteiger partial charge is 0.322 e. The molecule has 0 unspecified atom stereocenters. The quantitative estimate of drug-likeness (QED) is 0.908. The van der Waals surface area contributed by atoms with E-state index in [-0.39, 0.29) is 18.2 Å². The minimum atomic E-state index is -0.0601. The Kier molecular flexibility index (Phi) is 5.03. The SMILES string of the molecule is C[C@@H]1CN(c2ccccc2NC(=O)N2CCOCC2)C[C@H](C)O1. The predicted octanol–water partition coefficient (Wildman–Crippen LogP) is 2.16. The van der Waals surface area contributed by atoms with Gasteiger partial charge in [-0.3, -0.25) is 0 Å². The van der Waals surface area contributed by atoms with Gasteiger partial charge in [0.2, 0.25) is 0 Å². The van der Waals surface area contributed by atoms with Crippen molar-refractivity contribution < 1.29 is 14.3 Å². The number of benzene rings is 1. The van der Waals surface area contributed by atoms with Gasteiger partial charge < -0.3 is 24.6 Å². The number of hydrogen-bond donors (Lipinski definition) is 1. The van der Waals surface area contributed by atoms with E-state index in [2.05, 4.69) is 30.1 Å². The van der Waals surface area contributed by atoms with Crippen molar-refractivity contribution in [3.8, 4) is 0 Å². The molecule has 0 aromatic heterocycles. The topological polar surface area (TPSA) is 54.0 Å². The molecule has 23 heavy (non-hydrogen) atoms. The fourth-order valence-electron chi connectivity index (χ4n) is 3.19. The van der Waals surface area contributed by atoms with E-state index in [1.807, 2.05) is 18.2 Å². The molecule has 6 nitrogen and oxygen atoms in total. The average Bonchev–Trinajstić information content (AvgIpc) is 2.55. The maximum absolute atomic E-state index is 12.4. The van der Waals surface area contributed by atoms with E-state index >= 15 is 0 Å². The highest BCUT2D eigenvalue weighted by Crippen LogP contribution is 2.28. The van der Waals surface area contributed by atoms with Gasteiger partial charge in [0.25, 0.3) is 0 Å². The van der Waals surface area contributed by atoms with Gasteiger partial charge in [-0.2, -0.15) is 0 Å². The van der Waals surface area contributed by atoms with Gasteiger partial charge in [-0.15, -0.1) is 0 Å². The van der Waals surface area contributed by atoms with Crippen LogP contribution >= 0.6 is 0 Å². The van der Waals surface area contributed by atoms with Crippen molar-refractivity contribution in [3.63, 3.8) is 0 Å². The molecule has 0 saturated carbocycles. The molecule has 3 rings (SSSR count). The van der Waals surface area contributed by atoms with Gasteiger partial charge in [0, 0.05) is 26.2 Å². The highest BCUT2D eigenvalue weighted by atomic mass is 16.5. The number of morpholine rings is 2. The first kappa shape index (κ1) is 16.1. The number of anilines is 2. The number of para-hydroxylation sites is 2. The summed E-state index contributed by atoms with van der Waals surface area (Å²) >= 11 is 0. The van der Waals surface area contributed by atoms with Crippen molar-refractivity contribution in [1.82, 2.24) is 4.90 Å². The highest BCUT2D eigenvalue weighted by molar-refractivity contribution is 5.93. The Bertz CT molecular complexity index is 536. The van der Waals surface area contributed by atoms with Crippen LogP contribution in [0.15, 0.2) is 24.3 Å². The average molecular weight is 319 g/mol. The normalized spacial score (nSPS) is 25.3. The molecule has 6 heteroatoms. The molecule has 2 heterocycles. The van der Waals surface area contributed by atoms with E-state index in [0.717, 1.165) is 24.5 Å². The first-order valence-electron chi connectivity index (χ1n) is 8.26. The second-order valence-corrected chi connectivity index (χ2v) is 6.21. The van der Waals surface area contributed by atoms with E-state index in [9.17, 15) is 4.79 Å². The maximum Gasteiger partial charge on any atom is 0.322 e. The van der Waals surface area contributed by atoms with Crippen LogP contribution in [0.25, 0.3) is 0 Å². The van der Waals surface area contributed by atoms with Crippen LogP contribution in [0.3, 0.4) is 0 Å². The Labute approximate surface area is 137 Å². The van der Waals surface area contributed by atoms with Crippen LogP contribution in [0.2, 0.25) is 0 Å². The van der Waals surface area contributed by atoms with Crippen molar-refractivity contribution in [2.45, 2.75) is 26.1 Å². The molecule has 1 aromatic carbocycles. The van der Waals surface area contributed by atoms with Crippen LogP contribution in [-0.2, 0) is 9.47 Å². The summed E-state index contributed by atoms with van der Waals surface area (Å²) in [5, 5.41) is 3.06. The Balaban J connectivity index is 1.73. The lowest BCUT2D eigenvalue weighted by Gasteiger charge is -2.38. The minimum Gasteiger partial charge on any atom is -0.378 e. The summed E-state index contributed by atoms with van der Waals surface area (Å²) in [6.07, 6.45) is 0.364. The summed E-state index contributed by atoms with van der Waals surface area (Å²) in [6, 6.07) is 7.91. The number of ether oxygens (including phenoxy) is 2. The highest BCUT2D eigenvalue weighted by Gasteiger charge is 2.25. The number of rotatable bonds is 2. The third-order valence-corrected chi connectivity index (χ3v) is 4.20. The van der Waals surface area contributed by atoms with Gasteiger partial charge in [-0.1, -0.05) is 12.1 Å². The first-order chi connectivity index (χ1) is 11.1. The van der Waals surface area contributed by atoms with Gasteiger partial charge in [0.15, 0.2) is 0 Å². The largest absolute Gasteiger partial charge is 0.378 e. The summed E-state index contributed by atoms with van der Waals surface area (Å²) < 4.78 is 11.1. The molecule has 1 N–H and O–H groups in total. The predicted molar refractivity (Wildman–Crippen MR) is 90.1 cm³/mol. The van der Waals surface area contributed by atoms with Crippen LogP contribution in [0, 0.1) is 0 Å². The van der Waals surface area contributed by atoms with Gasteiger partial charge in [-0.05, 0) is 26.0 Å². The zero-order valence-corrected chi connectivity index (χ0v) is 13.8. The van der Waals surface area contributed by atoms with Crippen LogP contribution < -0.4 is 10.2 Å². The maximum atomic E-state index is 12.4. The van der Waals surface area contributed by atoms with Gasteiger partial charge in [-0.25, -0.2) is 4.79 Å². The van der Waals surface area contributed by atoms with Crippen molar-refractivity contribution in [2.75, 3.05) is 49.6 Å². The summed E-state index contributed by atoms with van der Waals surface area (Å²) in [7, 11) is 0. The van der Waals surface area contributed by atoms with Crippen molar-refractivity contribution >= 4 is 17.4 Å². The van der Waals surface area contributed by atoms with E-state index < -0.39 is 0 Å². The van der Waals surface area contributed by atoms with E-state index in [1.54, 1.807) is 4.90 Å². The molecule has 0 radical (unpaired) electrons. The summed E-state index contributed by atoms with van der Waals surface area (Å²) in [5.74, 6) is 0. The summed E-state index contributed by atoms with van der Waals surface area (Å²) in [4.78, 5) is 16.5.